The average molecular weight is 468 g/mol. The van der Waals surface area contributed by atoms with E-state index in [4.69, 9.17) is 13.8 Å². The Bertz CT molecular complexity index is 1350. The smallest absolute Gasteiger partial charge is 0.273 e. The van der Waals surface area contributed by atoms with Crippen molar-refractivity contribution in [2.75, 3.05) is 42.8 Å². The number of aromatic nitrogens is 6. The van der Waals surface area contributed by atoms with E-state index in [1.165, 1.54) is 0 Å². The summed E-state index contributed by atoms with van der Waals surface area (Å²) in [5, 5.41) is 25.8. The molecule has 0 spiro atoms. The van der Waals surface area contributed by atoms with E-state index in [-0.39, 0.29) is 23.5 Å². The predicted octanol–water partition coefficient (Wildman–Crippen LogP) is 1.79. The average Bonchev–Trinajstić information content (AvgIpc) is 3.45. The van der Waals surface area contributed by atoms with E-state index in [1.807, 2.05) is 37.2 Å². The molecule has 0 saturated carbocycles. The minimum absolute atomic E-state index is 0.0520. The molecule has 12 nitrogen and oxygen atoms in total. The highest BCUT2D eigenvalue weighted by Crippen LogP contribution is 2.46. The van der Waals surface area contributed by atoms with Crippen LogP contribution in [0.3, 0.4) is 0 Å². The summed E-state index contributed by atoms with van der Waals surface area (Å²) in [4.78, 5) is 21.2. The van der Waals surface area contributed by atoms with E-state index in [1.54, 1.807) is 17.9 Å². The zero-order valence-electron chi connectivity index (χ0n) is 22.4. The lowest BCUT2D eigenvalue weighted by Crippen LogP contribution is -2.28. The van der Waals surface area contributed by atoms with Crippen molar-refractivity contribution < 1.29 is 13.6 Å². The molecule has 0 bridgehead atoms. The molecule has 2 aliphatic rings. The molecule has 0 radical (unpaired) electrons. The van der Waals surface area contributed by atoms with Crippen molar-refractivity contribution in [2.45, 2.75) is 32.4 Å². The van der Waals surface area contributed by atoms with Gasteiger partial charge in [-0.2, -0.15) is 15.0 Å². The van der Waals surface area contributed by atoms with Crippen LogP contribution in [0.5, 0.6) is 0 Å². The van der Waals surface area contributed by atoms with Gasteiger partial charge in [0.1, 0.15) is 11.4 Å². The topological polar surface area (TPSA) is 135 Å². The number of ether oxygens (including phenoxy) is 1. The first kappa shape index (κ1) is 18.6. The van der Waals surface area contributed by atoms with Gasteiger partial charge in [-0.1, -0.05) is 0 Å². The summed E-state index contributed by atoms with van der Waals surface area (Å²) in [7, 11) is 3.71. The molecule has 1 fully saturated rings. The Kier molecular flexibility index (Phi) is 4.66. The van der Waals surface area contributed by atoms with Crippen LogP contribution in [0.2, 0.25) is 0 Å². The molecule has 2 aliphatic heterocycles. The second-order valence-corrected chi connectivity index (χ2v) is 8.49. The first-order valence-corrected chi connectivity index (χ1v) is 11.0. The van der Waals surface area contributed by atoms with E-state index in [9.17, 15) is 4.79 Å². The van der Waals surface area contributed by atoms with Crippen LogP contribution in [0.15, 0.2) is 12.1 Å². The summed E-state index contributed by atoms with van der Waals surface area (Å²) < 4.78 is 27.7. The van der Waals surface area contributed by atoms with Gasteiger partial charge in [-0.05, 0) is 26.3 Å². The van der Waals surface area contributed by atoms with Crippen LogP contribution in [0.25, 0.3) is 11.3 Å². The van der Waals surface area contributed by atoms with Crippen LogP contribution in [0.4, 0.5) is 23.0 Å². The fourth-order valence-corrected chi connectivity index (χ4v) is 4.33. The molecule has 0 aromatic carbocycles. The molecule has 5 heterocycles. The molecule has 3 aromatic heterocycles. The summed E-state index contributed by atoms with van der Waals surface area (Å²) >= 11 is 0. The van der Waals surface area contributed by atoms with Gasteiger partial charge in [0, 0.05) is 49.1 Å². The summed E-state index contributed by atoms with van der Waals surface area (Å²) in [5.74, 6) is -0.000156. The Morgan fingerprint density at radius 1 is 1.26 bits per heavy atom. The van der Waals surface area contributed by atoms with Crippen LogP contribution in [-0.2, 0) is 11.8 Å². The second kappa shape index (κ2) is 8.52. The summed E-state index contributed by atoms with van der Waals surface area (Å²) in [6.07, 6.45) is 0.807. The van der Waals surface area contributed by atoms with E-state index in [0.717, 1.165) is 34.8 Å². The number of nitrogens with one attached hydrogen (secondary N) is 3. The number of carbonyl (C=O) groups is 1. The molecule has 2 atom stereocenters. The summed E-state index contributed by atoms with van der Waals surface area (Å²) in [6.45, 7) is 2.37. The van der Waals surface area contributed by atoms with Crippen LogP contribution < -0.4 is 20.9 Å². The van der Waals surface area contributed by atoms with Gasteiger partial charge in [0.05, 0.1) is 30.1 Å². The lowest BCUT2D eigenvalue weighted by atomic mass is 9.98. The molecular formula is C22H28N10O2. The summed E-state index contributed by atoms with van der Waals surface area (Å²) in [5.41, 5.74) is 4.02. The monoisotopic (exact) mass is 467 g/mol. The zero-order valence-corrected chi connectivity index (χ0v) is 19.4. The van der Waals surface area contributed by atoms with Gasteiger partial charge in [-0.25, -0.2) is 4.98 Å². The highest BCUT2D eigenvalue weighted by atomic mass is 16.5. The normalized spacial score (nSPS) is 20.6. The molecular weight excluding hydrogens is 436 g/mol. The lowest BCUT2D eigenvalue weighted by Gasteiger charge is -2.33. The van der Waals surface area contributed by atoms with E-state index in [2.05, 4.69) is 31.0 Å². The maximum Gasteiger partial charge on any atom is 0.273 e. The number of hydrogen-bond acceptors (Lipinski definition) is 10. The fraction of sp³-hybridized carbons (Fsp3) is 0.455. The second-order valence-electron chi connectivity index (χ2n) is 8.49. The van der Waals surface area contributed by atoms with Crippen molar-refractivity contribution in [1.82, 2.24) is 35.5 Å². The van der Waals surface area contributed by atoms with Crippen LogP contribution in [0.1, 0.15) is 45.4 Å². The molecule has 178 valence electrons. The van der Waals surface area contributed by atoms with E-state index in [0.29, 0.717) is 24.8 Å². The Hall–Kier alpha value is -3.80. The molecule has 1 saturated heterocycles. The summed E-state index contributed by atoms with van der Waals surface area (Å²) in [6, 6.07) is 3.53. The van der Waals surface area contributed by atoms with Gasteiger partial charge in [0.25, 0.3) is 5.91 Å². The van der Waals surface area contributed by atoms with Crippen molar-refractivity contribution in [3.63, 3.8) is 0 Å². The first-order valence-electron chi connectivity index (χ1n) is 12.5. The number of rotatable bonds is 5. The van der Waals surface area contributed by atoms with Crippen molar-refractivity contribution in [1.29, 1.82) is 0 Å². The Morgan fingerprint density at radius 2 is 2.12 bits per heavy atom. The van der Waals surface area contributed by atoms with E-state index < -0.39 is 12.9 Å². The molecule has 34 heavy (non-hydrogen) atoms. The van der Waals surface area contributed by atoms with Gasteiger partial charge in [0.2, 0.25) is 0 Å². The van der Waals surface area contributed by atoms with Gasteiger partial charge < -0.3 is 25.6 Å². The third-order valence-corrected chi connectivity index (χ3v) is 6.10. The minimum atomic E-state index is -2.69. The number of aryl methyl sites for hydroxylation is 2. The van der Waals surface area contributed by atoms with Crippen molar-refractivity contribution in [2.24, 2.45) is 7.05 Å². The molecule has 5 rings (SSSR count). The van der Waals surface area contributed by atoms with Gasteiger partial charge in [0.15, 0.2) is 17.3 Å². The lowest BCUT2D eigenvalue weighted by molar-refractivity contribution is 0.0958. The number of carbonyl (C=O) groups excluding carboxylic acids is 1. The number of fused-ring (bicyclic) bond motifs is 3. The number of amides is 1. The van der Waals surface area contributed by atoms with Crippen molar-refractivity contribution in [3.8, 4) is 11.3 Å². The van der Waals surface area contributed by atoms with Crippen LogP contribution in [-0.4, -0.2) is 69.4 Å². The van der Waals surface area contributed by atoms with Crippen LogP contribution in [0, 0.1) is 6.92 Å². The molecule has 0 unspecified atom stereocenters. The van der Waals surface area contributed by atoms with Crippen molar-refractivity contribution in [3.05, 3.63) is 29.2 Å². The van der Waals surface area contributed by atoms with Crippen LogP contribution >= 0.6 is 0 Å². The predicted molar refractivity (Wildman–Crippen MR) is 127 cm³/mol. The van der Waals surface area contributed by atoms with Gasteiger partial charge in [-0.15, -0.1) is 10.2 Å². The Balaban J connectivity index is 1.59. The van der Waals surface area contributed by atoms with Crippen molar-refractivity contribution >= 4 is 28.9 Å². The maximum absolute atomic E-state index is 12.9. The SMILES string of the molecule is [2H]C([2H])([2H])NC(=O)c1nnc(N[C@H]2CCOC2)cc1Nc1nc(C)cc2c1N(C)[C@@H](C)c1nn(C)nc1-2. The van der Waals surface area contributed by atoms with E-state index >= 15 is 0 Å². The molecule has 3 N–H and O–H groups in total. The molecule has 12 heteroatoms. The molecule has 3 aromatic rings. The Labute approximate surface area is 201 Å². The Morgan fingerprint density at radius 3 is 2.88 bits per heavy atom. The quantitative estimate of drug-likeness (QED) is 0.510. The first-order chi connectivity index (χ1) is 17.5. The molecule has 0 aliphatic carbocycles. The maximum atomic E-state index is 12.9. The largest absolute Gasteiger partial charge is 0.379 e. The zero-order chi connectivity index (χ0) is 26.5. The highest BCUT2D eigenvalue weighted by Gasteiger charge is 2.33. The number of pyridine rings is 1. The highest BCUT2D eigenvalue weighted by molar-refractivity contribution is 5.99. The third kappa shape index (κ3) is 3.79. The van der Waals surface area contributed by atoms with Gasteiger partial charge in [-0.3, -0.25) is 4.79 Å². The number of anilines is 4. The number of hydrogen-bond donors (Lipinski definition) is 3. The standard InChI is InChI=1S/C22H28N10O2/c1-11-8-14-18-17(29-32(5)30-18)12(2)31(4)20(14)21(24-11)26-15-9-16(25-13-6-7-34-10-13)27-28-19(15)22(33)23-3/h8-9,12-13H,6-7,10H2,1-5H3,(H,23,33)(H2,24,25,26,27)/t12-,13-/m0/s1/i3D3. The number of nitrogens with zero attached hydrogens (tertiary/aromatic N) is 7. The molecule has 1 amide bonds. The third-order valence-electron chi connectivity index (χ3n) is 6.10. The van der Waals surface area contributed by atoms with Gasteiger partial charge >= 0.3 is 0 Å². The fourth-order valence-electron chi connectivity index (χ4n) is 4.33. The minimum Gasteiger partial charge on any atom is -0.379 e.